The quantitative estimate of drug-likeness (QED) is 0.0512. The Kier molecular flexibility index (Phi) is 15.0. The summed E-state index contributed by atoms with van der Waals surface area (Å²) < 4.78 is 43.8. The van der Waals surface area contributed by atoms with Crippen molar-refractivity contribution in [2.24, 2.45) is 0 Å². The fraction of sp³-hybridized carbons (Fsp3) is 0.268. The first-order chi connectivity index (χ1) is 26.5. The van der Waals surface area contributed by atoms with E-state index in [1.807, 2.05) is 0 Å². The van der Waals surface area contributed by atoms with Gasteiger partial charge < -0.3 is 58.3 Å². The summed E-state index contributed by atoms with van der Waals surface area (Å²) in [6.45, 7) is -0.310. The Hall–Kier alpha value is -6.54. The number of aromatic hydroxyl groups is 3. The number of phenolic OH excluding ortho intramolecular Hbond substituents is 3. The van der Waals surface area contributed by atoms with Gasteiger partial charge in [-0.05, 0) is 95.8 Å². The fourth-order valence-electron chi connectivity index (χ4n) is 5.26. The summed E-state index contributed by atoms with van der Waals surface area (Å²) >= 11 is 0. The van der Waals surface area contributed by atoms with Crippen LogP contribution in [0.15, 0.2) is 78.9 Å². The van der Waals surface area contributed by atoms with E-state index in [1.165, 1.54) is 84.1 Å². The molecule has 0 radical (unpaired) electrons. The first-order valence-electron chi connectivity index (χ1n) is 16.9. The third-order valence-corrected chi connectivity index (χ3v) is 8.16. The molecule has 4 rings (SSSR count). The van der Waals surface area contributed by atoms with Gasteiger partial charge in [-0.15, -0.1) is 0 Å². The molecular formula is C41H44O14. The number of methoxy groups -OCH3 is 5. The molecule has 0 amide bonds. The van der Waals surface area contributed by atoms with Crippen LogP contribution in [-0.4, -0.2) is 87.2 Å². The van der Waals surface area contributed by atoms with Crippen molar-refractivity contribution >= 4 is 24.1 Å². The molecule has 0 aliphatic heterocycles. The van der Waals surface area contributed by atoms with Crippen molar-refractivity contribution in [2.75, 3.05) is 48.8 Å². The zero-order chi connectivity index (χ0) is 39.9. The van der Waals surface area contributed by atoms with Crippen LogP contribution in [0.4, 0.5) is 0 Å². The molecule has 55 heavy (non-hydrogen) atoms. The molecule has 0 aliphatic rings. The van der Waals surface area contributed by atoms with Crippen molar-refractivity contribution in [1.29, 1.82) is 0 Å². The lowest BCUT2D eigenvalue weighted by Crippen LogP contribution is -2.31. The zero-order valence-electron chi connectivity index (χ0n) is 31.0. The lowest BCUT2D eigenvalue weighted by molar-refractivity contribution is -0.142. The van der Waals surface area contributed by atoms with E-state index in [1.54, 1.807) is 42.5 Å². The monoisotopic (exact) mass is 760 g/mol. The minimum absolute atomic E-state index is 0.0118. The molecule has 4 aromatic carbocycles. The van der Waals surface area contributed by atoms with E-state index >= 15 is 0 Å². The number of carbonyl (C=O) groups is 2. The molecule has 14 nitrogen and oxygen atoms in total. The third kappa shape index (κ3) is 11.5. The van der Waals surface area contributed by atoms with Crippen molar-refractivity contribution in [1.82, 2.24) is 0 Å². The van der Waals surface area contributed by atoms with Crippen LogP contribution in [0, 0.1) is 0 Å². The maximum absolute atomic E-state index is 12.8. The summed E-state index contributed by atoms with van der Waals surface area (Å²) in [6.07, 6.45) is 3.79. The number of esters is 2. The largest absolute Gasteiger partial charge is 0.504 e. The highest BCUT2D eigenvalue weighted by Gasteiger charge is 2.29. The second kappa shape index (κ2) is 20.1. The molecule has 292 valence electrons. The van der Waals surface area contributed by atoms with E-state index in [-0.39, 0.29) is 58.4 Å². The highest BCUT2D eigenvalue weighted by Crippen LogP contribution is 2.41. The van der Waals surface area contributed by atoms with Crippen LogP contribution in [0.25, 0.3) is 12.2 Å². The van der Waals surface area contributed by atoms with E-state index in [9.17, 15) is 30.0 Å². The van der Waals surface area contributed by atoms with Crippen molar-refractivity contribution in [3.63, 3.8) is 0 Å². The number of aliphatic hydroxyl groups excluding tert-OH is 1. The Balaban J connectivity index is 1.47. The number of carbonyl (C=O) groups excluding carboxylic acids is 2. The van der Waals surface area contributed by atoms with Gasteiger partial charge in [0.25, 0.3) is 0 Å². The zero-order valence-corrected chi connectivity index (χ0v) is 31.0. The van der Waals surface area contributed by atoms with Crippen LogP contribution in [0.3, 0.4) is 0 Å². The van der Waals surface area contributed by atoms with E-state index in [0.717, 1.165) is 5.56 Å². The van der Waals surface area contributed by atoms with Gasteiger partial charge in [0.2, 0.25) is 5.75 Å². The molecule has 0 aliphatic carbocycles. The Labute approximate surface area is 318 Å². The lowest BCUT2D eigenvalue weighted by Gasteiger charge is -2.26. The van der Waals surface area contributed by atoms with Crippen LogP contribution in [0.2, 0.25) is 0 Å². The molecule has 2 atom stereocenters. The van der Waals surface area contributed by atoms with Gasteiger partial charge in [-0.2, -0.15) is 0 Å². The summed E-state index contributed by atoms with van der Waals surface area (Å²) in [5.41, 5.74) is 2.27. The molecule has 14 heteroatoms. The number of benzene rings is 4. The molecule has 0 heterocycles. The lowest BCUT2D eigenvalue weighted by atomic mass is 10.0. The number of rotatable bonds is 19. The van der Waals surface area contributed by atoms with Gasteiger partial charge in [0.05, 0.1) is 42.2 Å². The van der Waals surface area contributed by atoms with E-state index in [4.69, 9.17) is 37.9 Å². The van der Waals surface area contributed by atoms with Crippen LogP contribution in [-0.2, 0) is 25.5 Å². The Bertz CT molecular complexity index is 1960. The molecule has 0 saturated heterocycles. The van der Waals surface area contributed by atoms with Gasteiger partial charge in [-0.1, -0.05) is 18.2 Å². The van der Waals surface area contributed by atoms with Crippen LogP contribution in [0.5, 0.6) is 51.7 Å². The maximum Gasteiger partial charge on any atom is 0.330 e. The van der Waals surface area contributed by atoms with Crippen molar-refractivity contribution < 1.29 is 67.9 Å². The van der Waals surface area contributed by atoms with Gasteiger partial charge >= 0.3 is 11.9 Å². The van der Waals surface area contributed by atoms with Gasteiger partial charge in [0, 0.05) is 12.2 Å². The molecule has 4 aromatic rings. The van der Waals surface area contributed by atoms with Gasteiger partial charge in [0.1, 0.15) is 12.7 Å². The summed E-state index contributed by atoms with van der Waals surface area (Å²) in [5.74, 6) is -0.248. The minimum Gasteiger partial charge on any atom is -0.504 e. The topological polar surface area (TPSA) is 189 Å². The molecular weight excluding hydrogens is 716 g/mol. The van der Waals surface area contributed by atoms with Crippen molar-refractivity contribution in [2.45, 2.75) is 25.0 Å². The Morgan fingerprint density at radius 2 is 1.09 bits per heavy atom. The second-order valence-corrected chi connectivity index (χ2v) is 11.8. The standard InChI is InChI=1S/C41H44O14/c1-48-32-19-25(8-13-29(32)42)10-16-38(45)53-18-6-7-27-21-35(51-4)41(36(22-27)52-5)55-37(40(47)28-12-15-31(44)34(23-28)50-3)24-54-39(46)17-11-26-9-14-30(43)33(20-26)49-2/h8-17,19-23,37,40,42-44,47H,6-7,18,24H2,1-5H3/t37-,40-/m1/s1. The smallest absolute Gasteiger partial charge is 0.330 e. The van der Waals surface area contributed by atoms with Gasteiger partial charge in [-0.3, -0.25) is 0 Å². The highest BCUT2D eigenvalue weighted by molar-refractivity contribution is 5.87. The average Bonchev–Trinajstić information content (AvgIpc) is 3.20. The van der Waals surface area contributed by atoms with Crippen LogP contribution in [0.1, 0.15) is 34.8 Å². The number of phenols is 3. The first-order valence-corrected chi connectivity index (χ1v) is 16.9. The van der Waals surface area contributed by atoms with Crippen LogP contribution >= 0.6 is 0 Å². The first kappa shape index (κ1) is 41.2. The third-order valence-electron chi connectivity index (χ3n) is 8.16. The summed E-state index contributed by atoms with van der Waals surface area (Å²) in [5, 5.41) is 41.2. The normalized spacial score (nSPS) is 12.2. The molecule has 0 bridgehead atoms. The van der Waals surface area contributed by atoms with E-state index in [2.05, 4.69) is 0 Å². The second-order valence-electron chi connectivity index (χ2n) is 11.8. The van der Waals surface area contributed by atoms with Gasteiger partial charge in [-0.25, -0.2) is 9.59 Å². The van der Waals surface area contributed by atoms with Crippen molar-refractivity contribution in [3.8, 4) is 51.7 Å². The molecule has 0 fully saturated rings. The molecule has 0 spiro atoms. The molecule has 0 aromatic heterocycles. The summed E-state index contributed by atoms with van der Waals surface area (Å²) in [7, 11) is 7.07. The predicted octanol–water partition coefficient (Wildman–Crippen LogP) is 5.77. The van der Waals surface area contributed by atoms with Gasteiger partial charge in [0.15, 0.2) is 52.1 Å². The maximum atomic E-state index is 12.8. The van der Waals surface area contributed by atoms with Crippen LogP contribution < -0.4 is 28.4 Å². The Morgan fingerprint density at radius 3 is 1.60 bits per heavy atom. The Morgan fingerprint density at radius 1 is 0.618 bits per heavy atom. The number of aryl methyl sites for hydroxylation is 1. The average molecular weight is 761 g/mol. The SMILES string of the molecule is COc1cc(C=CC(=O)OCCCc2cc(OC)c(O[C@H](COC(=O)C=Cc3ccc(O)c(OC)c3)[C@H](O)c3ccc(O)c(OC)c3)c(OC)c2)ccc1O. The summed E-state index contributed by atoms with van der Waals surface area (Å²) in [6, 6.07) is 16.9. The van der Waals surface area contributed by atoms with Crippen molar-refractivity contribution in [3.05, 3.63) is 101 Å². The van der Waals surface area contributed by atoms with E-state index < -0.39 is 30.8 Å². The number of hydrogen-bond donors (Lipinski definition) is 4. The summed E-state index contributed by atoms with van der Waals surface area (Å²) in [4.78, 5) is 25.1. The molecule has 4 N–H and O–H groups in total. The number of ether oxygens (including phenoxy) is 8. The predicted molar refractivity (Wildman–Crippen MR) is 201 cm³/mol. The highest BCUT2D eigenvalue weighted by atomic mass is 16.6. The minimum atomic E-state index is -1.40. The number of hydrogen-bond acceptors (Lipinski definition) is 14. The fourth-order valence-corrected chi connectivity index (χ4v) is 5.26. The number of aliphatic hydroxyl groups is 1. The van der Waals surface area contributed by atoms with E-state index in [0.29, 0.717) is 29.5 Å². The molecule has 0 unspecified atom stereocenters. The molecule has 0 saturated carbocycles.